The van der Waals surface area contributed by atoms with Crippen LogP contribution in [0.1, 0.15) is 253 Å². The Balaban J connectivity index is 1.21. The van der Waals surface area contributed by atoms with Gasteiger partial charge in [0.15, 0.2) is 0 Å². The number of hydrogen-bond acceptors (Lipinski definition) is 13. The van der Waals surface area contributed by atoms with Crippen LogP contribution in [0.5, 0.6) is 0 Å². The molecule has 2 N–H and O–H groups in total. The molecule has 6 saturated heterocycles. The van der Waals surface area contributed by atoms with Gasteiger partial charge in [-0.2, -0.15) is 14.3 Å². The van der Waals surface area contributed by atoms with Gasteiger partial charge in [-0.15, -0.1) is 0 Å². The smallest absolute Gasteiger partial charge is 0.396 e. The molecule has 6 fully saturated rings. The number of phosphoric ester groups is 1. The second-order valence-corrected chi connectivity index (χ2v) is 37.1. The van der Waals surface area contributed by atoms with Crippen LogP contribution < -0.4 is 0 Å². The van der Waals surface area contributed by atoms with Crippen molar-refractivity contribution in [2.24, 2.45) is 14.3 Å². The first-order chi connectivity index (χ1) is 49.3. The Morgan fingerprint density at radius 1 is 0.392 bits per heavy atom. The molecule has 0 aromatic carbocycles. The normalized spacial score (nSPS) is 23.6. The van der Waals surface area contributed by atoms with E-state index in [2.05, 4.69) is 45.3 Å². The number of phosphoric acid groups is 1. The predicted molar refractivity (Wildman–Crippen MR) is 413 cm³/mol. The van der Waals surface area contributed by atoms with Gasteiger partial charge in [0, 0.05) is 126 Å². The van der Waals surface area contributed by atoms with Crippen LogP contribution in [0.2, 0.25) is 0 Å². The standard InChI is InChI=1S/C72H144N12O14P4/c1-9-12-15-18-21-24-27-30-33-38-43-79-49-46-76(6)70(79)73-99(86,96-64-68-62-84(54-59-92-68)101(88,98-66(4)5)75-72-78(8)48-51-81(72)45-40-35-32-29-26-23-20-17-14-11-3)82-52-57-91-67(60-82)63-95-100(87,74-71-77(7)47-50-80(71)44-39-34-31-28-25-22-19-16-13-10-2)83-53-58-93-69(61-83)65-97-102(89,90)94-56-42-37-36-41-55-85/h66-69,85H,9-65H2,1-8H3,(H,89,90)/t67-,68-,69-,99?,100?,101?/m0/s1. The number of nitrogens with zero attached hydrogens (tertiary/aromatic N) is 12. The van der Waals surface area contributed by atoms with Gasteiger partial charge >= 0.3 is 30.8 Å². The second kappa shape index (κ2) is 50.1. The van der Waals surface area contributed by atoms with Gasteiger partial charge < -0.3 is 53.6 Å². The fraction of sp³-hybridized carbons (Fsp3) is 0.958. The largest absolute Gasteiger partial charge is 0.472 e. The van der Waals surface area contributed by atoms with Crippen molar-refractivity contribution in [3.05, 3.63) is 0 Å². The van der Waals surface area contributed by atoms with E-state index in [4.69, 9.17) is 56.2 Å². The van der Waals surface area contributed by atoms with Crippen LogP contribution >= 0.6 is 30.8 Å². The number of unbranched alkanes of at least 4 members (excludes halogenated alkanes) is 30. The molecule has 596 valence electrons. The molecule has 6 aliphatic heterocycles. The molecule has 0 aromatic heterocycles. The van der Waals surface area contributed by atoms with Crippen LogP contribution in [-0.2, 0) is 55.1 Å². The SMILES string of the molecule is CCCCCCCCCCCCN1CCN(C)C1=NP(=O)(OC[C@@H]1CN(P(=O)(N=C2N(C)CCN2CCCCCCCCCCCC)OC[C@@H]2CN(P(=O)(N=C3N(C)CCN3CCCCCCCCCCCC)OC(C)C)CCO2)CCO1)N1CCO[C@H](COP(=O)(O)OCCCCCCO)C1. The lowest BCUT2D eigenvalue weighted by Gasteiger charge is -2.39. The van der Waals surface area contributed by atoms with E-state index in [9.17, 15) is 9.46 Å². The van der Waals surface area contributed by atoms with Gasteiger partial charge in [-0.25, -0.2) is 32.3 Å². The molecule has 0 spiro atoms. The third kappa shape index (κ3) is 32.8. The van der Waals surface area contributed by atoms with E-state index in [1.165, 1.54) is 148 Å². The lowest BCUT2D eigenvalue weighted by Crippen LogP contribution is -2.46. The number of guanidine groups is 3. The first kappa shape index (κ1) is 89.1. The molecule has 6 heterocycles. The molecule has 4 unspecified atom stereocenters. The predicted octanol–water partition coefficient (Wildman–Crippen LogP) is 15.1. The highest BCUT2D eigenvalue weighted by molar-refractivity contribution is 7.56. The molecule has 6 aliphatic rings. The first-order valence-corrected chi connectivity index (χ1v) is 46.7. The average molecular weight is 1530 g/mol. The van der Waals surface area contributed by atoms with E-state index >= 15 is 13.7 Å². The van der Waals surface area contributed by atoms with Crippen molar-refractivity contribution in [2.45, 2.75) is 277 Å². The quantitative estimate of drug-likeness (QED) is 0.0424. The fourth-order valence-corrected chi connectivity index (χ4v) is 20.8. The Morgan fingerprint density at radius 2 is 0.686 bits per heavy atom. The molecule has 7 atom stereocenters. The maximum absolute atomic E-state index is 16.3. The Kier molecular flexibility index (Phi) is 43.8. The first-order valence-electron chi connectivity index (χ1n) is 40.6. The van der Waals surface area contributed by atoms with E-state index in [1.807, 2.05) is 39.9 Å². The number of aliphatic hydroxyl groups excluding tert-OH is 1. The number of likely N-dealkylation sites (N-methyl/N-ethyl adjacent to an activating group) is 3. The topological polar surface area (TPSA) is 249 Å². The van der Waals surface area contributed by atoms with Gasteiger partial charge in [-0.3, -0.25) is 22.6 Å². The van der Waals surface area contributed by atoms with Crippen molar-refractivity contribution in [3.63, 3.8) is 0 Å². The van der Waals surface area contributed by atoms with Gasteiger partial charge in [-0.1, -0.05) is 207 Å². The number of morpholine rings is 3. The third-order valence-corrected chi connectivity index (χ3v) is 27.5. The minimum atomic E-state index is -4.46. The van der Waals surface area contributed by atoms with Crippen LogP contribution in [0.15, 0.2) is 14.3 Å². The summed E-state index contributed by atoms with van der Waals surface area (Å²) in [7, 11) is -10.8. The molecule has 0 amide bonds. The minimum Gasteiger partial charge on any atom is -0.396 e. The summed E-state index contributed by atoms with van der Waals surface area (Å²) in [5.41, 5.74) is 0. The van der Waals surface area contributed by atoms with Crippen molar-refractivity contribution in [2.75, 3.05) is 172 Å². The van der Waals surface area contributed by atoms with Crippen molar-refractivity contribution >= 4 is 48.7 Å². The fourth-order valence-electron chi connectivity index (χ4n) is 14.1. The zero-order valence-corrected chi connectivity index (χ0v) is 68.6. The van der Waals surface area contributed by atoms with Crippen LogP contribution in [0.3, 0.4) is 0 Å². The summed E-state index contributed by atoms with van der Waals surface area (Å²) in [6, 6.07) is 0. The highest BCUT2D eigenvalue weighted by atomic mass is 31.2. The molecule has 26 nitrogen and oxygen atoms in total. The minimum absolute atomic E-state index is 0.0147. The Hall–Kier alpha value is -1.79. The van der Waals surface area contributed by atoms with Crippen LogP contribution in [-0.4, -0.2) is 268 Å². The molecular formula is C72H144N12O14P4. The average Bonchev–Trinajstić information content (AvgIpc) is 1.52. The van der Waals surface area contributed by atoms with Gasteiger partial charge in [-0.05, 0) is 46.0 Å². The summed E-state index contributed by atoms with van der Waals surface area (Å²) in [6.45, 7) is 18.2. The third-order valence-electron chi connectivity index (χ3n) is 20.3. The number of ether oxygens (including phenoxy) is 3. The Bertz CT molecular complexity index is 2570. The van der Waals surface area contributed by atoms with Gasteiger partial charge in [0.25, 0.3) is 0 Å². The van der Waals surface area contributed by atoms with Crippen molar-refractivity contribution < 1.29 is 65.1 Å². The highest BCUT2D eigenvalue weighted by Gasteiger charge is 2.46. The summed E-state index contributed by atoms with van der Waals surface area (Å²) in [5, 5.41) is 9.15. The molecular weight excluding hydrogens is 1380 g/mol. The molecule has 0 aliphatic carbocycles. The summed E-state index contributed by atoms with van der Waals surface area (Å²) in [6.07, 6.45) is 36.9. The summed E-state index contributed by atoms with van der Waals surface area (Å²) < 4.78 is 131. The Labute approximate surface area is 618 Å². The molecule has 0 bridgehead atoms. The molecule has 0 aromatic rings. The zero-order chi connectivity index (χ0) is 73.3. The molecule has 6 rings (SSSR count). The van der Waals surface area contributed by atoms with E-state index in [1.54, 1.807) is 14.0 Å². The molecule has 102 heavy (non-hydrogen) atoms. The second-order valence-electron chi connectivity index (χ2n) is 29.6. The van der Waals surface area contributed by atoms with Crippen LogP contribution in [0.4, 0.5) is 0 Å². The molecule has 0 radical (unpaired) electrons. The molecule has 30 heteroatoms. The maximum Gasteiger partial charge on any atom is 0.472 e. The molecule has 0 saturated carbocycles. The summed E-state index contributed by atoms with van der Waals surface area (Å²) in [5.74, 6) is 1.85. The highest BCUT2D eigenvalue weighted by Crippen LogP contribution is 2.58. The number of aliphatic hydroxyl groups is 1. The Morgan fingerprint density at radius 3 is 1.02 bits per heavy atom. The van der Waals surface area contributed by atoms with Crippen molar-refractivity contribution in [1.29, 1.82) is 0 Å². The van der Waals surface area contributed by atoms with Gasteiger partial charge in [0.1, 0.15) is 0 Å². The maximum atomic E-state index is 16.3. The van der Waals surface area contributed by atoms with E-state index in [-0.39, 0.29) is 91.7 Å². The van der Waals surface area contributed by atoms with Crippen molar-refractivity contribution in [3.8, 4) is 0 Å². The lowest BCUT2D eigenvalue weighted by atomic mass is 10.1. The van der Waals surface area contributed by atoms with Gasteiger partial charge in [0.2, 0.25) is 17.9 Å². The van der Waals surface area contributed by atoms with E-state index < -0.39 is 49.1 Å². The van der Waals surface area contributed by atoms with Crippen molar-refractivity contribution in [1.82, 2.24) is 43.4 Å². The van der Waals surface area contributed by atoms with Crippen LogP contribution in [0.25, 0.3) is 0 Å². The lowest BCUT2D eigenvalue weighted by molar-refractivity contribution is -0.0467. The van der Waals surface area contributed by atoms with Crippen LogP contribution in [0, 0.1) is 0 Å². The monoisotopic (exact) mass is 1520 g/mol. The summed E-state index contributed by atoms with van der Waals surface area (Å²) in [4.78, 5) is 23.5. The van der Waals surface area contributed by atoms with E-state index in [0.717, 1.165) is 97.1 Å². The number of rotatable bonds is 57. The summed E-state index contributed by atoms with van der Waals surface area (Å²) >= 11 is 0. The van der Waals surface area contributed by atoms with Gasteiger partial charge in [0.05, 0.1) is 70.7 Å². The number of hydrogen-bond donors (Lipinski definition) is 2. The van der Waals surface area contributed by atoms with E-state index in [0.29, 0.717) is 56.9 Å². The zero-order valence-electron chi connectivity index (χ0n) is 65.1.